The van der Waals surface area contributed by atoms with E-state index in [1.807, 2.05) is 19.1 Å². The minimum atomic E-state index is -2.18. The van der Waals surface area contributed by atoms with Crippen molar-refractivity contribution in [3.8, 4) is 0 Å². The minimum absolute atomic E-state index is 0.104. The van der Waals surface area contributed by atoms with Crippen LogP contribution in [0.5, 0.6) is 0 Å². The molecule has 1 aromatic rings. The molecule has 1 fully saturated rings. The van der Waals surface area contributed by atoms with Gasteiger partial charge in [0.25, 0.3) is 0 Å². The molecule has 2 rings (SSSR count). The number of rotatable bonds is 5. The average molecular weight is 332 g/mol. The maximum Gasteiger partial charge on any atom is 0.161 e. The first-order valence-electron chi connectivity index (χ1n) is 7.56. The van der Waals surface area contributed by atoms with Crippen molar-refractivity contribution < 1.29 is 18.6 Å². The Morgan fingerprint density at radius 1 is 1.29 bits per heavy atom. The van der Waals surface area contributed by atoms with Crippen LogP contribution in [0.2, 0.25) is 0 Å². The molecule has 1 atom stereocenters. The monoisotopic (exact) mass is 332 g/mol. The highest BCUT2D eigenvalue weighted by atomic mass is 32.4. The van der Waals surface area contributed by atoms with E-state index in [1.54, 1.807) is 0 Å². The molecule has 0 spiro atoms. The van der Waals surface area contributed by atoms with E-state index in [4.69, 9.17) is 25.5 Å². The van der Waals surface area contributed by atoms with Crippen LogP contribution < -0.4 is 10.4 Å². The number of furan rings is 1. The fraction of sp³-hybridized carbons (Fsp3) is 0.733. The summed E-state index contributed by atoms with van der Waals surface area (Å²) >= 11 is 5.95. The van der Waals surface area contributed by atoms with Crippen molar-refractivity contribution in [3.05, 3.63) is 17.9 Å². The molecule has 0 radical (unpaired) electrons. The lowest BCUT2D eigenvalue weighted by Gasteiger charge is -2.33. The van der Waals surface area contributed by atoms with Gasteiger partial charge < -0.3 is 18.6 Å². The van der Waals surface area contributed by atoms with Gasteiger partial charge in [-0.1, -0.05) is 32.6 Å². The van der Waals surface area contributed by atoms with Gasteiger partial charge in [-0.15, -0.1) is 0 Å². The van der Waals surface area contributed by atoms with E-state index in [0.717, 1.165) is 44.1 Å². The number of hydrogen-bond acceptors (Lipinski definition) is 4. The lowest BCUT2D eigenvalue weighted by Crippen LogP contribution is -3.14. The lowest BCUT2D eigenvalue weighted by atomic mass is 10.3. The van der Waals surface area contributed by atoms with E-state index < -0.39 is 6.26 Å². The molecule has 1 aromatic heterocycles. The number of morpholine rings is 1. The van der Waals surface area contributed by atoms with Gasteiger partial charge in [-0.2, -0.15) is 0 Å². The number of hydrogen-bond donors (Lipinski definition) is 1. The molecule has 1 saturated heterocycles. The largest absolute Gasteiger partial charge is 0.459 e. The van der Waals surface area contributed by atoms with Crippen molar-refractivity contribution >= 4 is 23.6 Å². The summed E-state index contributed by atoms with van der Waals surface area (Å²) in [6.07, 6.45) is -2.18. The van der Waals surface area contributed by atoms with Crippen LogP contribution >= 0.6 is 6.26 Å². The van der Waals surface area contributed by atoms with Gasteiger partial charge in [0.15, 0.2) is 5.50 Å². The molecule has 2 heterocycles. The van der Waals surface area contributed by atoms with E-state index in [2.05, 4.69) is 20.8 Å². The molecular weight excluding hydrogens is 305 g/mol. The summed E-state index contributed by atoms with van der Waals surface area (Å²) in [6.45, 7) is 13.9. The predicted octanol–water partition coefficient (Wildman–Crippen LogP) is 1.34. The fourth-order valence-corrected chi connectivity index (χ4v) is 4.97. The zero-order chi connectivity index (χ0) is 15.5. The molecule has 6 heteroatoms. The Kier molecular flexibility index (Phi) is 5.66. The Morgan fingerprint density at radius 3 is 2.48 bits per heavy atom. The Morgan fingerprint density at radius 2 is 1.95 bits per heavy atom. The van der Waals surface area contributed by atoms with Crippen molar-refractivity contribution in [2.45, 2.75) is 32.9 Å². The summed E-state index contributed by atoms with van der Waals surface area (Å²) in [5, 5.41) is -0.104. The van der Waals surface area contributed by atoms with Crippen LogP contribution in [0.25, 0.3) is 0 Å². The molecule has 0 aliphatic carbocycles. The van der Waals surface area contributed by atoms with Crippen LogP contribution in [0.4, 0.5) is 0 Å². The summed E-state index contributed by atoms with van der Waals surface area (Å²) < 4.78 is 17.5. The van der Waals surface area contributed by atoms with Crippen LogP contribution in [0.15, 0.2) is 16.5 Å². The molecule has 0 saturated carbocycles. The Balaban J connectivity index is 2.02. The number of aryl methyl sites for hydroxylation is 1. The van der Waals surface area contributed by atoms with E-state index in [-0.39, 0.29) is 5.16 Å². The number of nitrogens with one attached hydrogen (secondary N) is 1. The summed E-state index contributed by atoms with van der Waals surface area (Å²) in [6, 6.07) is 3.96. The van der Waals surface area contributed by atoms with E-state index >= 15 is 0 Å². The zero-order valence-corrected chi connectivity index (χ0v) is 15.2. The van der Waals surface area contributed by atoms with Crippen molar-refractivity contribution in [2.75, 3.05) is 39.5 Å². The third-order valence-electron chi connectivity index (χ3n) is 3.83. The standard InChI is InChI=1S/C15H26NO3PS/c1-13-5-6-14(19-13)20(21,15(2,3)4)18-12-9-16-7-10-17-11-8-16/h5-6H,7-12H2,1-4H3/p+1/t20-/m0/s1. The molecule has 0 bridgehead atoms. The molecule has 1 aliphatic rings. The lowest BCUT2D eigenvalue weighted by molar-refractivity contribution is -0.908. The first-order chi connectivity index (χ1) is 9.83. The highest BCUT2D eigenvalue weighted by molar-refractivity contribution is 8.16. The summed E-state index contributed by atoms with van der Waals surface area (Å²) in [7, 11) is 0. The molecule has 21 heavy (non-hydrogen) atoms. The normalized spacial score (nSPS) is 20.4. The molecule has 0 aromatic carbocycles. The Hall–Kier alpha value is -0.190. The second-order valence-electron chi connectivity index (χ2n) is 6.55. The van der Waals surface area contributed by atoms with Crippen molar-refractivity contribution in [1.82, 2.24) is 0 Å². The molecule has 1 aliphatic heterocycles. The van der Waals surface area contributed by atoms with Gasteiger partial charge in [-0.25, -0.2) is 0 Å². The maximum absolute atomic E-state index is 6.27. The summed E-state index contributed by atoms with van der Waals surface area (Å²) in [5.74, 6) is 0.894. The Labute approximate surface area is 132 Å². The molecule has 1 N–H and O–H groups in total. The maximum atomic E-state index is 6.27. The fourth-order valence-electron chi connectivity index (χ4n) is 2.40. The van der Waals surface area contributed by atoms with E-state index in [0.29, 0.717) is 6.61 Å². The van der Waals surface area contributed by atoms with Crippen LogP contribution in [-0.2, 0) is 21.1 Å². The molecule has 120 valence electrons. The second kappa shape index (κ2) is 6.93. The predicted molar refractivity (Wildman–Crippen MR) is 89.5 cm³/mol. The second-order valence-corrected chi connectivity index (χ2v) is 11.2. The van der Waals surface area contributed by atoms with E-state index in [1.165, 1.54) is 4.90 Å². The van der Waals surface area contributed by atoms with Crippen LogP contribution in [-0.4, -0.2) is 44.6 Å². The SMILES string of the molecule is Cc1ccc([P@@](=S)(OCC[NH+]2CCOCC2)C(C)(C)C)o1. The van der Waals surface area contributed by atoms with Gasteiger partial charge in [-0.3, -0.25) is 0 Å². The van der Waals surface area contributed by atoms with Gasteiger partial charge in [0.05, 0.1) is 13.2 Å². The van der Waals surface area contributed by atoms with Crippen LogP contribution in [0.1, 0.15) is 26.5 Å². The molecule has 0 unspecified atom stereocenters. The summed E-state index contributed by atoms with van der Waals surface area (Å²) in [4.78, 5) is 1.53. The highest BCUT2D eigenvalue weighted by Crippen LogP contribution is 2.58. The van der Waals surface area contributed by atoms with Crippen LogP contribution in [0.3, 0.4) is 0 Å². The van der Waals surface area contributed by atoms with E-state index in [9.17, 15) is 0 Å². The molecule has 4 nitrogen and oxygen atoms in total. The third-order valence-corrected chi connectivity index (χ3v) is 9.46. The third kappa shape index (κ3) is 4.17. The Bertz CT molecular complexity index is 503. The minimum Gasteiger partial charge on any atom is -0.459 e. The summed E-state index contributed by atoms with van der Waals surface area (Å²) in [5.41, 5.74) is 0.847. The number of quaternary nitrogens is 1. The first-order valence-corrected chi connectivity index (χ1v) is 10.3. The average Bonchev–Trinajstić information content (AvgIpc) is 2.85. The molecular formula is C15H27NO3PS+. The zero-order valence-electron chi connectivity index (χ0n) is 13.5. The van der Waals surface area contributed by atoms with Crippen molar-refractivity contribution in [3.63, 3.8) is 0 Å². The van der Waals surface area contributed by atoms with Crippen molar-refractivity contribution in [1.29, 1.82) is 0 Å². The highest BCUT2D eigenvalue weighted by Gasteiger charge is 2.37. The smallest absolute Gasteiger partial charge is 0.161 e. The quantitative estimate of drug-likeness (QED) is 0.826. The van der Waals surface area contributed by atoms with Gasteiger partial charge in [0.2, 0.25) is 0 Å². The molecule has 0 amide bonds. The van der Waals surface area contributed by atoms with Gasteiger partial charge in [-0.05, 0) is 19.1 Å². The number of ether oxygens (including phenoxy) is 1. The topological polar surface area (TPSA) is 36.0 Å². The van der Waals surface area contributed by atoms with Crippen LogP contribution in [0, 0.1) is 6.92 Å². The van der Waals surface area contributed by atoms with Gasteiger partial charge in [0.1, 0.15) is 38.3 Å². The van der Waals surface area contributed by atoms with Crippen molar-refractivity contribution in [2.24, 2.45) is 0 Å². The van der Waals surface area contributed by atoms with Gasteiger partial charge >= 0.3 is 0 Å². The van der Waals surface area contributed by atoms with Gasteiger partial charge in [0, 0.05) is 5.16 Å². The first kappa shape index (κ1) is 17.2.